The van der Waals surface area contributed by atoms with Crippen molar-refractivity contribution in [2.45, 2.75) is 0 Å². The van der Waals surface area contributed by atoms with Crippen molar-refractivity contribution in [3.05, 3.63) is 0 Å². The van der Waals surface area contributed by atoms with Crippen LogP contribution in [0.5, 0.6) is 0 Å². The van der Waals surface area contributed by atoms with Crippen molar-refractivity contribution in [1.29, 1.82) is 0 Å². The second-order valence-electron chi connectivity index (χ2n) is 0.600. The molecule has 0 aliphatic heterocycles. The molecule has 0 aliphatic rings. The van der Waals surface area contributed by atoms with Gasteiger partial charge in [0.05, 0.1) is 0 Å². The van der Waals surface area contributed by atoms with Gasteiger partial charge in [-0.3, -0.25) is 0 Å². The summed E-state index contributed by atoms with van der Waals surface area (Å²) in [5, 5.41) is 0. The van der Waals surface area contributed by atoms with Crippen molar-refractivity contribution in [3.8, 4) is 0 Å². The molecule has 0 bridgehead atoms. The maximum absolute atomic E-state index is 7.38. The molecule has 0 fully saturated rings. The van der Waals surface area contributed by atoms with Crippen LogP contribution in [0.15, 0.2) is 0 Å². The minimum atomic E-state index is -5.00. The van der Waals surface area contributed by atoms with E-state index in [9.17, 15) is 0 Å². The van der Waals surface area contributed by atoms with Crippen molar-refractivity contribution in [1.82, 2.24) is 0 Å². The summed E-state index contributed by atoms with van der Waals surface area (Å²) >= 11 is -5.00. The van der Waals surface area contributed by atoms with Gasteiger partial charge in [-0.1, -0.05) is 0 Å². The Morgan fingerprint density at radius 1 is 0.875 bits per heavy atom. The summed E-state index contributed by atoms with van der Waals surface area (Å²) < 4.78 is 29.5. The van der Waals surface area contributed by atoms with E-state index in [0.29, 0.717) is 0 Å². The van der Waals surface area contributed by atoms with Gasteiger partial charge in [0.1, 0.15) is 0 Å². The molecular weight excluding hydrogens is 587 g/mol. The summed E-state index contributed by atoms with van der Waals surface area (Å²) in [6, 6.07) is 0. The maximum atomic E-state index is 7.38. The standard InChI is InChI=1S/Lu.Nb.4H2O.Pb.Ti.2H/h;;4*1H2;;;;/q;;;;;;;+4;;/p-4. The third kappa shape index (κ3) is 56.7. The zero-order chi connectivity index (χ0) is 4.50. The first kappa shape index (κ1) is 22.5. The van der Waals surface area contributed by atoms with Gasteiger partial charge >= 0.3 is 60.2 Å². The minimum absolute atomic E-state index is 0. The van der Waals surface area contributed by atoms with Gasteiger partial charge in [-0.25, -0.2) is 0 Å². The summed E-state index contributed by atoms with van der Waals surface area (Å²) in [5.41, 5.74) is 0. The van der Waals surface area contributed by atoms with Gasteiger partial charge in [0.15, 0.2) is 0 Å². The Morgan fingerprint density at radius 2 is 0.875 bits per heavy atom. The van der Waals surface area contributed by atoms with E-state index in [1.807, 2.05) is 0 Å². The molecular formula is H6LuNbO4PbTi. The summed E-state index contributed by atoms with van der Waals surface area (Å²) in [7, 11) is 0. The first-order chi connectivity index (χ1) is 2.00. The molecule has 0 amide bonds. The molecule has 0 heterocycles. The Labute approximate surface area is 117 Å². The Morgan fingerprint density at radius 3 is 0.875 bits per heavy atom. The summed E-state index contributed by atoms with van der Waals surface area (Å²) in [4.78, 5) is 0. The van der Waals surface area contributed by atoms with Gasteiger partial charge in [-0.05, 0) is 0 Å². The van der Waals surface area contributed by atoms with E-state index in [2.05, 4.69) is 0 Å². The molecule has 58 valence electrons. The monoisotopic (exact) mass is 594 g/mol. The predicted molar refractivity (Wildman–Crippen MR) is 17.4 cm³/mol. The van der Waals surface area contributed by atoms with Crippen LogP contribution in [0.3, 0.4) is 0 Å². The zero-order valence-electron chi connectivity index (χ0n) is 3.70. The molecule has 0 unspecified atom stereocenters. The third-order valence-electron chi connectivity index (χ3n) is 0. The Balaban J connectivity index is -0.0000000267. The normalized spacial score (nSPS) is 7.50. The van der Waals surface area contributed by atoms with E-state index in [1.54, 1.807) is 0 Å². The van der Waals surface area contributed by atoms with Crippen molar-refractivity contribution in [3.63, 3.8) is 0 Å². The molecule has 0 saturated carbocycles. The van der Waals surface area contributed by atoms with Crippen molar-refractivity contribution in [2.24, 2.45) is 0 Å². The van der Waals surface area contributed by atoms with Crippen LogP contribution in [0.1, 0.15) is 0 Å². The van der Waals surface area contributed by atoms with Gasteiger partial charge in [-0.15, -0.1) is 0 Å². The molecule has 8 heteroatoms. The van der Waals surface area contributed by atoms with E-state index >= 15 is 0 Å². The molecule has 8 heavy (non-hydrogen) atoms. The van der Waals surface area contributed by atoms with Crippen LogP contribution in [0, 0.1) is 36.9 Å². The zero-order valence-corrected chi connectivity index (χ0v) is 14.6. The fourth-order valence-corrected chi connectivity index (χ4v) is 0. The second-order valence-corrected chi connectivity index (χ2v) is 2.47. The van der Waals surface area contributed by atoms with Crippen LogP contribution in [0.25, 0.3) is 0 Å². The van der Waals surface area contributed by atoms with Crippen molar-refractivity contribution < 1.29 is 92.1 Å². The molecule has 0 rings (SSSR count). The molecule has 0 saturated heterocycles. The number of hydrogen-bond acceptors (Lipinski definition) is 4. The predicted octanol–water partition coefficient (Wildman–Crippen LogP) is -3.15. The third-order valence-corrected chi connectivity index (χ3v) is 0. The Hall–Kier alpha value is 3.45. The van der Waals surface area contributed by atoms with Gasteiger partial charge in [0.25, 0.3) is 0 Å². The van der Waals surface area contributed by atoms with E-state index in [0.717, 1.165) is 0 Å². The fourth-order valence-electron chi connectivity index (χ4n) is 0. The topological polar surface area (TPSA) is 80.9 Å². The first-order valence-electron chi connectivity index (χ1n) is 0.894. The van der Waals surface area contributed by atoms with E-state index < -0.39 is 18.1 Å². The molecule has 0 atom stereocenters. The van der Waals surface area contributed by atoms with Crippen LogP contribution >= 0.6 is 0 Å². The summed E-state index contributed by atoms with van der Waals surface area (Å²) in [5.74, 6) is 0. The second kappa shape index (κ2) is 10.5. The van der Waals surface area contributed by atoms with Gasteiger partial charge in [0.2, 0.25) is 0 Å². The van der Waals surface area contributed by atoms with Crippen molar-refractivity contribution in [2.75, 3.05) is 0 Å². The summed E-state index contributed by atoms with van der Waals surface area (Å²) in [6.45, 7) is 0. The molecule has 0 aromatic heterocycles. The SMILES string of the molecule is [Lu].[Nb].[OH][Ti]([OH])([OH])[OH].[PbH2]. The van der Waals surface area contributed by atoms with Gasteiger partial charge in [0, 0.05) is 59.3 Å². The number of hydrogen-bond donors (Lipinski definition) is 4. The molecule has 4 nitrogen and oxygen atoms in total. The van der Waals surface area contributed by atoms with Gasteiger partial charge in [-0.2, -0.15) is 0 Å². The van der Waals surface area contributed by atoms with Crippen molar-refractivity contribution >= 4 is 27.3 Å². The van der Waals surface area contributed by atoms with Crippen LogP contribution in [0.4, 0.5) is 0 Å². The van der Waals surface area contributed by atoms with Crippen LogP contribution < -0.4 is 0 Å². The first-order valence-corrected chi connectivity index (χ1v) is 3.69. The quantitative estimate of drug-likeness (QED) is 0.224. The average Bonchev–Trinajstić information content (AvgIpc) is 0.722. The van der Waals surface area contributed by atoms with E-state index in [1.165, 1.54) is 0 Å². The Kier molecular flexibility index (Phi) is 29.4. The van der Waals surface area contributed by atoms with Crippen LogP contribution in [-0.2, 0) is 40.5 Å². The molecule has 0 aromatic rings. The Bertz CT molecular complexity index is 31.5. The molecule has 4 N–H and O–H groups in total. The summed E-state index contributed by atoms with van der Waals surface area (Å²) in [6.07, 6.45) is 0. The van der Waals surface area contributed by atoms with Crippen LogP contribution in [-0.4, -0.2) is 42.1 Å². The molecule has 0 aromatic carbocycles. The van der Waals surface area contributed by atoms with E-state index in [4.69, 9.17) is 14.8 Å². The van der Waals surface area contributed by atoms with Gasteiger partial charge < -0.3 is 0 Å². The molecule has 0 spiro atoms. The van der Waals surface area contributed by atoms with E-state index in [-0.39, 0.29) is 86.6 Å². The molecule has 4 radical (unpaired) electrons. The molecule has 0 aliphatic carbocycles. The van der Waals surface area contributed by atoms with Crippen LogP contribution in [0.2, 0.25) is 0 Å². The number of rotatable bonds is 0. The average molecular weight is 593 g/mol. The fraction of sp³-hybridized carbons (Fsp3) is 0.